The zero-order valence-corrected chi connectivity index (χ0v) is 12.9. The maximum absolute atomic E-state index is 11.9. The van der Waals surface area contributed by atoms with Crippen LogP contribution in [0.5, 0.6) is 0 Å². The molecule has 3 N–H and O–H groups in total. The highest BCUT2D eigenvalue weighted by Gasteiger charge is 2.08. The molecule has 0 aliphatic rings. The third kappa shape index (κ3) is 5.72. The molecule has 0 aliphatic carbocycles. The van der Waals surface area contributed by atoms with Crippen LogP contribution in [0.1, 0.15) is 39.2 Å². The van der Waals surface area contributed by atoms with Crippen molar-refractivity contribution in [3.05, 3.63) is 29.8 Å². The van der Waals surface area contributed by atoms with Crippen LogP contribution in [0.2, 0.25) is 0 Å². The lowest BCUT2D eigenvalue weighted by molar-refractivity contribution is -0.116. The van der Waals surface area contributed by atoms with Gasteiger partial charge in [-0.2, -0.15) is 0 Å². The van der Waals surface area contributed by atoms with Crippen LogP contribution in [0.25, 0.3) is 0 Å². The summed E-state index contributed by atoms with van der Waals surface area (Å²) in [4.78, 5) is 14.2. The zero-order valence-electron chi connectivity index (χ0n) is 12.9. The molecule has 0 bridgehead atoms. The van der Waals surface area contributed by atoms with E-state index in [0.29, 0.717) is 19.0 Å². The second-order valence-electron chi connectivity index (χ2n) is 5.28. The lowest BCUT2D eigenvalue weighted by Crippen LogP contribution is -2.32. The van der Waals surface area contributed by atoms with Gasteiger partial charge in [-0.25, -0.2) is 0 Å². The van der Waals surface area contributed by atoms with E-state index in [1.165, 1.54) is 0 Å². The third-order valence-electron chi connectivity index (χ3n) is 3.46. The second-order valence-corrected chi connectivity index (χ2v) is 5.28. The summed E-state index contributed by atoms with van der Waals surface area (Å²) in [5.74, 6) is 0.0744. The molecule has 1 amide bonds. The van der Waals surface area contributed by atoms with Gasteiger partial charge in [0.1, 0.15) is 0 Å². The molecule has 1 rings (SSSR count). The summed E-state index contributed by atoms with van der Waals surface area (Å²) in [6.45, 7) is 9.04. The molecule has 0 radical (unpaired) electrons. The summed E-state index contributed by atoms with van der Waals surface area (Å²) in [6, 6.07) is 8.20. The minimum atomic E-state index is 0.0744. The Kier molecular flexibility index (Phi) is 7.26. The molecule has 0 saturated carbocycles. The SMILES string of the molecule is CCN(CCCC(=O)Nc1ccc(CN)cc1)C(C)C. The molecule has 1 aromatic rings. The minimum absolute atomic E-state index is 0.0744. The molecule has 0 saturated heterocycles. The van der Waals surface area contributed by atoms with Crippen LogP contribution >= 0.6 is 0 Å². The van der Waals surface area contributed by atoms with E-state index < -0.39 is 0 Å². The van der Waals surface area contributed by atoms with E-state index in [0.717, 1.165) is 30.8 Å². The number of nitrogens with two attached hydrogens (primary N) is 1. The molecule has 0 spiro atoms. The highest BCUT2D eigenvalue weighted by molar-refractivity contribution is 5.90. The van der Waals surface area contributed by atoms with Gasteiger partial charge in [0.05, 0.1) is 0 Å². The van der Waals surface area contributed by atoms with Gasteiger partial charge in [-0.05, 0) is 51.1 Å². The van der Waals surface area contributed by atoms with E-state index in [1.807, 2.05) is 24.3 Å². The van der Waals surface area contributed by atoms with Gasteiger partial charge in [-0.3, -0.25) is 4.79 Å². The molecule has 0 aliphatic heterocycles. The Hall–Kier alpha value is -1.39. The summed E-state index contributed by atoms with van der Waals surface area (Å²) in [6.07, 6.45) is 1.45. The molecular formula is C16H27N3O. The van der Waals surface area contributed by atoms with Crippen molar-refractivity contribution in [3.63, 3.8) is 0 Å². The maximum Gasteiger partial charge on any atom is 0.224 e. The average Bonchev–Trinajstić information content (AvgIpc) is 2.44. The monoisotopic (exact) mass is 277 g/mol. The summed E-state index contributed by atoms with van der Waals surface area (Å²) in [5.41, 5.74) is 7.45. The first-order valence-electron chi connectivity index (χ1n) is 7.39. The number of nitrogens with one attached hydrogen (secondary N) is 1. The Labute approximate surface area is 122 Å². The van der Waals surface area contributed by atoms with Crippen molar-refractivity contribution in [1.82, 2.24) is 4.90 Å². The third-order valence-corrected chi connectivity index (χ3v) is 3.46. The number of carbonyl (C=O) groups excluding carboxylic acids is 1. The molecular weight excluding hydrogens is 250 g/mol. The van der Waals surface area contributed by atoms with Crippen molar-refractivity contribution in [2.75, 3.05) is 18.4 Å². The number of anilines is 1. The molecule has 0 aromatic heterocycles. The van der Waals surface area contributed by atoms with Gasteiger partial charge in [0.25, 0.3) is 0 Å². The van der Waals surface area contributed by atoms with E-state index >= 15 is 0 Å². The number of benzene rings is 1. The van der Waals surface area contributed by atoms with E-state index in [2.05, 4.69) is 31.0 Å². The predicted octanol–water partition coefficient (Wildman–Crippen LogP) is 2.59. The van der Waals surface area contributed by atoms with Crippen LogP contribution < -0.4 is 11.1 Å². The van der Waals surface area contributed by atoms with Crippen LogP contribution in [-0.2, 0) is 11.3 Å². The highest BCUT2D eigenvalue weighted by atomic mass is 16.1. The van der Waals surface area contributed by atoms with Crippen molar-refractivity contribution in [2.24, 2.45) is 5.73 Å². The second kappa shape index (κ2) is 8.72. The van der Waals surface area contributed by atoms with Crippen LogP contribution in [-0.4, -0.2) is 29.9 Å². The molecule has 0 atom stereocenters. The van der Waals surface area contributed by atoms with Crippen LogP contribution in [0, 0.1) is 0 Å². The molecule has 0 fully saturated rings. The van der Waals surface area contributed by atoms with E-state index in [4.69, 9.17) is 5.73 Å². The summed E-state index contributed by atoms with van der Waals surface area (Å²) >= 11 is 0. The highest BCUT2D eigenvalue weighted by Crippen LogP contribution is 2.10. The number of hydrogen-bond acceptors (Lipinski definition) is 3. The normalized spacial score (nSPS) is 11.1. The van der Waals surface area contributed by atoms with E-state index in [1.54, 1.807) is 0 Å². The van der Waals surface area contributed by atoms with E-state index in [9.17, 15) is 4.79 Å². The Balaban J connectivity index is 2.32. The molecule has 0 heterocycles. The van der Waals surface area contributed by atoms with Gasteiger partial charge < -0.3 is 16.0 Å². The Morgan fingerprint density at radius 1 is 1.30 bits per heavy atom. The molecule has 112 valence electrons. The number of hydrogen-bond donors (Lipinski definition) is 2. The van der Waals surface area contributed by atoms with Gasteiger partial charge in [0.15, 0.2) is 0 Å². The lowest BCUT2D eigenvalue weighted by Gasteiger charge is -2.24. The van der Waals surface area contributed by atoms with Crippen molar-refractivity contribution in [1.29, 1.82) is 0 Å². The molecule has 4 nitrogen and oxygen atoms in total. The fourth-order valence-corrected chi connectivity index (χ4v) is 2.17. The fraction of sp³-hybridized carbons (Fsp3) is 0.562. The smallest absolute Gasteiger partial charge is 0.224 e. The number of amides is 1. The summed E-state index contributed by atoms with van der Waals surface area (Å²) in [7, 11) is 0. The Bertz CT molecular complexity index is 401. The van der Waals surface area contributed by atoms with Crippen LogP contribution in [0.15, 0.2) is 24.3 Å². The van der Waals surface area contributed by atoms with Gasteiger partial charge in [-0.15, -0.1) is 0 Å². The van der Waals surface area contributed by atoms with Crippen molar-refractivity contribution >= 4 is 11.6 Å². The number of nitrogens with zero attached hydrogens (tertiary/aromatic N) is 1. The van der Waals surface area contributed by atoms with Crippen LogP contribution in [0.3, 0.4) is 0 Å². The largest absolute Gasteiger partial charge is 0.326 e. The first kappa shape index (κ1) is 16.7. The molecule has 1 aromatic carbocycles. The fourth-order valence-electron chi connectivity index (χ4n) is 2.17. The average molecular weight is 277 g/mol. The van der Waals surface area contributed by atoms with Crippen molar-refractivity contribution in [2.45, 2.75) is 46.2 Å². The quantitative estimate of drug-likeness (QED) is 0.768. The van der Waals surface area contributed by atoms with Gasteiger partial charge >= 0.3 is 0 Å². The number of carbonyl (C=O) groups is 1. The van der Waals surface area contributed by atoms with Crippen LogP contribution in [0.4, 0.5) is 5.69 Å². The zero-order chi connectivity index (χ0) is 15.0. The van der Waals surface area contributed by atoms with Crippen molar-refractivity contribution in [3.8, 4) is 0 Å². The lowest BCUT2D eigenvalue weighted by atomic mass is 10.2. The van der Waals surface area contributed by atoms with Crippen molar-refractivity contribution < 1.29 is 4.79 Å². The summed E-state index contributed by atoms with van der Waals surface area (Å²) in [5, 5.41) is 2.92. The Morgan fingerprint density at radius 2 is 1.95 bits per heavy atom. The number of rotatable bonds is 8. The maximum atomic E-state index is 11.9. The van der Waals surface area contributed by atoms with Gasteiger partial charge in [0.2, 0.25) is 5.91 Å². The minimum Gasteiger partial charge on any atom is -0.326 e. The predicted molar refractivity (Wildman–Crippen MR) is 84.6 cm³/mol. The van der Waals surface area contributed by atoms with E-state index in [-0.39, 0.29) is 5.91 Å². The molecule has 0 unspecified atom stereocenters. The molecule has 4 heteroatoms. The Morgan fingerprint density at radius 3 is 2.45 bits per heavy atom. The summed E-state index contributed by atoms with van der Waals surface area (Å²) < 4.78 is 0. The van der Waals surface area contributed by atoms with Gasteiger partial charge in [0, 0.05) is 24.7 Å². The first-order valence-corrected chi connectivity index (χ1v) is 7.39. The topological polar surface area (TPSA) is 58.4 Å². The standard InChI is InChI=1S/C16H27N3O/c1-4-19(13(2)3)11-5-6-16(20)18-15-9-7-14(12-17)8-10-15/h7-10,13H,4-6,11-12,17H2,1-3H3,(H,18,20). The van der Waals surface area contributed by atoms with Gasteiger partial charge in [-0.1, -0.05) is 19.1 Å². The molecule has 20 heavy (non-hydrogen) atoms. The first-order chi connectivity index (χ1) is 9.56.